The number of amides is 1. The number of carbonyl (C=O) groups is 2. The third-order valence-electron chi connectivity index (χ3n) is 7.33. The van der Waals surface area contributed by atoms with E-state index in [0.29, 0.717) is 43.1 Å². The highest BCUT2D eigenvalue weighted by Crippen LogP contribution is 2.28. The van der Waals surface area contributed by atoms with Crippen molar-refractivity contribution < 1.29 is 41.7 Å². The summed E-state index contributed by atoms with van der Waals surface area (Å²) >= 11 is 3.32. The number of rotatable bonds is 20. The van der Waals surface area contributed by atoms with Crippen molar-refractivity contribution in [3.8, 4) is 0 Å². The smallest absolute Gasteiger partial charge is 0.328 e. The van der Waals surface area contributed by atoms with Crippen molar-refractivity contribution in [2.45, 2.75) is 23.8 Å². The molecule has 1 aliphatic heterocycles. The largest absolute Gasteiger partial charge is 0.478 e. The van der Waals surface area contributed by atoms with Crippen molar-refractivity contribution in [2.75, 3.05) is 69.8 Å². The van der Waals surface area contributed by atoms with Crippen LogP contribution in [0.4, 0.5) is 27.5 Å². The van der Waals surface area contributed by atoms with Gasteiger partial charge in [0.15, 0.2) is 0 Å². The number of nitrogens with one attached hydrogen (secondary N) is 3. The van der Waals surface area contributed by atoms with E-state index in [1.165, 1.54) is 30.5 Å². The fourth-order valence-corrected chi connectivity index (χ4v) is 6.16. The molecular formula is C32H39BrFN7O8S. The molecule has 15 nitrogen and oxygen atoms in total. The van der Waals surface area contributed by atoms with E-state index in [9.17, 15) is 22.4 Å². The molecule has 18 heteroatoms. The van der Waals surface area contributed by atoms with Gasteiger partial charge in [-0.3, -0.25) is 9.69 Å². The summed E-state index contributed by atoms with van der Waals surface area (Å²) in [6, 6.07) is 9.98. The summed E-state index contributed by atoms with van der Waals surface area (Å²) in [4.78, 5) is 33.1. The molecule has 0 spiro atoms. The maximum atomic E-state index is 14.2. The van der Waals surface area contributed by atoms with Crippen molar-refractivity contribution >= 4 is 61.0 Å². The molecule has 0 atom stereocenters. The van der Waals surface area contributed by atoms with E-state index in [1.807, 2.05) is 0 Å². The fraction of sp³-hybridized carbons (Fsp3) is 0.375. The summed E-state index contributed by atoms with van der Waals surface area (Å²) in [5.74, 6) is -2.27. The zero-order chi connectivity index (χ0) is 35.9. The summed E-state index contributed by atoms with van der Waals surface area (Å²) in [5, 5.41) is 14.5. The normalized spacial score (nSPS) is 14.2. The molecule has 3 aromatic rings. The van der Waals surface area contributed by atoms with E-state index in [-0.39, 0.29) is 47.2 Å². The van der Waals surface area contributed by atoms with Crippen LogP contribution < -0.4 is 21.1 Å². The summed E-state index contributed by atoms with van der Waals surface area (Å²) in [7, 11) is -3.79. The maximum Gasteiger partial charge on any atom is 0.328 e. The van der Waals surface area contributed by atoms with Crippen LogP contribution in [0.5, 0.6) is 0 Å². The van der Waals surface area contributed by atoms with E-state index >= 15 is 0 Å². The van der Waals surface area contributed by atoms with Gasteiger partial charge in [0, 0.05) is 44.1 Å². The third-order valence-corrected chi connectivity index (χ3v) is 9.39. The minimum absolute atomic E-state index is 0.0521. The Morgan fingerprint density at radius 1 is 1.04 bits per heavy atom. The number of likely N-dealkylation sites (tertiary alicyclic amines) is 1. The molecule has 0 saturated carbocycles. The van der Waals surface area contributed by atoms with Crippen LogP contribution in [0, 0.1) is 5.82 Å². The van der Waals surface area contributed by atoms with E-state index < -0.39 is 27.7 Å². The molecule has 50 heavy (non-hydrogen) atoms. The molecule has 270 valence electrons. The third kappa shape index (κ3) is 12.4. The predicted molar refractivity (Wildman–Crippen MR) is 187 cm³/mol. The molecule has 0 aliphatic carbocycles. The van der Waals surface area contributed by atoms with Crippen LogP contribution in [0.2, 0.25) is 0 Å². The molecule has 1 saturated heterocycles. The Bertz CT molecular complexity index is 1730. The minimum Gasteiger partial charge on any atom is -0.478 e. The van der Waals surface area contributed by atoms with Crippen LogP contribution in [0.3, 0.4) is 0 Å². The molecule has 2 heterocycles. The van der Waals surface area contributed by atoms with Crippen molar-refractivity contribution in [3.63, 3.8) is 0 Å². The van der Waals surface area contributed by atoms with Gasteiger partial charge in [-0.25, -0.2) is 27.3 Å². The second kappa shape index (κ2) is 19.4. The number of nitrogens with two attached hydrogens (primary N) is 1. The predicted octanol–water partition coefficient (Wildman–Crippen LogP) is 3.40. The number of halogens is 2. The Morgan fingerprint density at radius 3 is 2.44 bits per heavy atom. The average Bonchev–Trinajstić information content (AvgIpc) is 3.07. The van der Waals surface area contributed by atoms with Gasteiger partial charge < -0.3 is 35.7 Å². The number of carboxylic acid groups (broad SMARTS) is 1. The highest BCUT2D eigenvalue weighted by atomic mass is 79.9. The Hall–Kier alpha value is -4.04. The summed E-state index contributed by atoms with van der Waals surface area (Å²) in [6.45, 7) is 4.07. The molecule has 0 radical (unpaired) electrons. The lowest BCUT2D eigenvalue weighted by atomic mass is 10.1. The lowest BCUT2D eigenvalue weighted by Gasteiger charge is -2.31. The van der Waals surface area contributed by atoms with Gasteiger partial charge in [0.25, 0.3) is 5.91 Å². The van der Waals surface area contributed by atoms with Crippen LogP contribution in [0.15, 0.2) is 70.2 Å². The highest BCUT2D eigenvalue weighted by Gasteiger charge is 2.19. The van der Waals surface area contributed by atoms with E-state index in [4.69, 9.17) is 25.1 Å². The summed E-state index contributed by atoms with van der Waals surface area (Å²) in [5.41, 5.74) is 5.65. The van der Waals surface area contributed by atoms with Gasteiger partial charge in [-0.2, -0.15) is 4.98 Å². The average molecular weight is 781 g/mol. The number of sulfonamides is 1. The van der Waals surface area contributed by atoms with Crippen LogP contribution in [0.1, 0.15) is 23.2 Å². The minimum atomic E-state index is -3.79. The molecular weight excluding hydrogens is 741 g/mol. The maximum absolute atomic E-state index is 14.2. The van der Waals surface area contributed by atoms with Crippen molar-refractivity contribution in [3.05, 3.63) is 76.7 Å². The Morgan fingerprint density at radius 2 is 1.74 bits per heavy atom. The quantitative estimate of drug-likeness (QED) is 0.0825. The Kier molecular flexibility index (Phi) is 15.0. The Labute approximate surface area is 297 Å². The number of carbonyl (C=O) groups excluding carboxylic acids is 1. The topological polar surface area (TPSA) is 207 Å². The molecule has 0 unspecified atom stereocenters. The van der Waals surface area contributed by atoms with Gasteiger partial charge in [-0.15, -0.1) is 0 Å². The molecule has 1 fully saturated rings. The number of primary amides is 1. The number of aliphatic carboxylic acids is 1. The van der Waals surface area contributed by atoms with Gasteiger partial charge in [0.1, 0.15) is 11.6 Å². The van der Waals surface area contributed by atoms with E-state index in [1.54, 1.807) is 18.2 Å². The van der Waals surface area contributed by atoms with Gasteiger partial charge in [-0.1, -0.05) is 12.1 Å². The number of piperidine rings is 1. The van der Waals surface area contributed by atoms with Crippen LogP contribution >= 0.6 is 15.9 Å². The molecule has 1 aliphatic rings. The number of ether oxygens (including phenoxy) is 3. The standard InChI is InChI=1S/C32H39BrFN7O8S/c33-25-21-36-32(40-31(25)39-27-4-1-3-26(34)29(27)30(35)44)38-22-6-8-24(9-7-22)50(45,46)37-12-16-47-17-18-48-19-20-49-23-10-14-41(15-11-23)13-2-5-28(42)43/h1-9,21,23,37H,10-20H2,(H2,35,44)(H,42,43)(H2,36,38,39,40)/b5-2+. The zero-order valence-electron chi connectivity index (χ0n) is 27.0. The molecule has 4 rings (SSSR count). The number of carboxylic acids is 1. The first-order valence-electron chi connectivity index (χ1n) is 15.7. The van der Waals surface area contributed by atoms with Crippen molar-refractivity contribution in [2.24, 2.45) is 5.73 Å². The van der Waals surface area contributed by atoms with Gasteiger partial charge in [0.2, 0.25) is 16.0 Å². The first-order valence-corrected chi connectivity index (χ1v) is 17.9. The molecule has 1 aromatic heterocycles. The lowest BCUT2D eigenvalue weighted by molar-refractivity contribution is -0.131. The first kappa shape index (κ1) is 38.8. The number of hydrogen-bond donors (Lipinski definition) is 5. The second-order valence-corrected chi connectivity index (χ2v) is 13.5. The number of benzene rings is 2. The van der Waals surface area contributed by atoms with Crippen LogP contribution in [-0.4, -0.2) is 106 Å². The number of aromatic nitrogens is 2. The highest BCUT2D eigenvalue weighted by molar-refractivity contribution is 9.10. The van der Waals surface area contributed by atoms with Gasteiger partial charge >= 0.3 is 5.97 Å². The zero-order valence-corrected chi connectivity index (χ0v) is 29.4. The van der Waals surface area contributed by atoms with Crippen LogP contribution in [0.25, 0.3) is 0 Å². The Balaban J connectivity index is 1.11. The number of hydrogen-bond acceptors (Lipinski definition) is 12. The van der Waals surface area contributed by atoms with Crippen LogP contribution in [-0.2, 0) is 29.0 Å². The summed E-state index contributed by atoms with van der Waals surface area (Å²) in [6.07, 6.45) is 6.17. The molecule has 0 bridgehead atoms. The summed E-state index contributed by atoms with van der Waals surface area (Å²) < 4.78 is 59.4. The second-order valence-electron chi connectivity index (χ2n) is 10.9. The monoisotopic (exact) mass is 779 g/mol. The first-order chi connectivity index (χ1) is 24.0. The SMILES string of the molecule is NC(=O)c1c(F)cccc1Nc1nc(Nc2ccc(S(=O)(=O)NCCOCCOCCOC3CCN(C/C=C/C(=O)O)CC3)cc2)ncc1Br. The van der Waals surface area contributed by atoms with Gasteiger partial charge in [0.05, 0.1) is 59.8 Å². The molecule has 6 N–H and O–H groups in total. The lowest BCUT2D eigenvalue weighted by Crippen LogP contribution is -2.37. The fourth-order valence-electron chi connectivity index (χ4n) is 4.86. The molecule has 2 aromatic carbocycles. The van der Waals surface area contributed by atoms with Gasteiger partial charge in [-0.05, 0) is 65.2 Å². The van der Waals surface area contributed by atoms with E-state index in [0.717, 1.165) is 38.1 Å². The number of anilines is 4. The van der Waals surface area contributed by atoms with Crippen molar-refractivity contribution in [1.82, 2.24) is 19.6 Å². The number of nitrogens with zero attached hydrogens (tertiary/aromatic N) is 3. The van der Waals surface area contributed by atoms with E-state index in [2.05, 4.69) is 46.2 Å². The van der Waals surface area contributed by atoms with Crippen molar-refractivity contribution in [1.29, 1.82) is 0 Å². The molecule has 1 amide bonds.